The zero-order chi connectivity index (χ0) is 11.3. The van der Waals surface area contributed by atoms with E-state index in [1.165, 1.54) is 0 Å². The summed E-state index contributed by atoms with van der Waals surface area (Å²) in [6.07, 6.45) is 1.72. The van der Waals surface area contributed by atoms with Gasteiger partial charge in [0.1, 0.15) is 5.76 Å². The minimum Gasteiger partial charge on any atom is -0.445 e. The van der Waals surface area contributed by atoms with Gasteiger partial charge < -0.3 is 14.5 Å². The lowest BCUT2D eigenvalue weighted by Crippen LogP contribution is -2.26. The molecule has 0 unspecified atom stereocenters. The predicted octanol–water partition coefficient (Wildman–Crippen LogP) is 1.89. The van der Waals surface area contributed by atoms with E-state index in [1.807, 2.05) is 27.7 Å². The highest BCUT2D eigenvalue weighted by Crippen LogP contribution is 2.05. The summed E-state index contributed by atoms with van der Waals surface area (Å²) >= 11 is 0. The lowest BCUT2D eigenvalue weighted by molar-refractivity contribution is -0.00101. The summed E-state index contributed by atoms with van der Waals surface area (Å²) in [4.78, 5) is 4.09. The van der Waals surface area contributed by atoms with Crippen LogP contribution in [0.1, 0.15) is 32.4 Å². The van der Waals surface area contributed by atoms with Gasteiger partial charge in [0.2, 0.25) is 5.89 Å². The molecule has 0 saturated heterocycles. The zero-order valence-corrected chi connectivity index (χ0v) is 9.96. The second-order valence-electron chi connectivity index (χ2n) is 4.50. The first kappa shape index (κ1) is 12.2. The molecule has 15 heavy (non-hydrogen) atoms. The van der Waals surface area contributed by atoms with Crippen molar-refractivity contribution >= 4 is 0 Å². The Morgan fingerprint density at radius 3 is 2.73 bits per heavy atom. The standard InChI is InChI=1S/C11H20N2O2/c1-9-7-13-10(15-9)8-12-5-6-14-11(2,3)4/h7,12H,5-6,8H2,1-4H3. The number of nitrogens with one attached hydrogen (secondary N) is 1. The third kappa shape index (κ3) is 5.54. The van der Waals surface area contributed by atoms with Gasteiger partial charge in [-0.1, -0.05) is 0 Å². The number of aryl methyl sites for hydroxylation is 1. The minimum atomic E-state index is -0.0683. The highest BCUT2D eigenvalue weighted by Gasteiger charge is 2.08. The van der Waals surface area contributed by atoms with Crippen molar-refractivity contribution in [3.8, 4) is 0 Å². The summed E-state index contributed by atoms with van der Waals surface area (Å²) in [7, 11) is 0. The molecule has 0 aliphatic rings. The van der Waals surface area contributed by atoms with Crippen molar-refractivity contribution in [2.24, 2.45) is 0 Å². The minimum absolute atomic E-state index is 0.0683. The third-order valence-corrected chi connectivity index (χ3v) is 1.76. The number of rotatable bonds is 5. The topological polar surface area (TPSA) is 47.3 Å². The highest BCUT2D eigenvalue weighted by atomic mass is 16.5. The van der Waals surface area contributed by atoms with Crippen LogP contribution in [0, 0.1) is 6.92 Å². The van der Waals surface area contributed by atoms with E-state index in [-0.39, 0.29) is 5.60 Å². The SMILES string of the molecule is Cc1cnc(CNCCOC(C)(C)C)o1. The number of ether oxygens (including phenoxy) is 1. The summed E-state index contributed by atoms with van der Waals surface area (Å²) in [5.74, 6) is 1.57. The Bertz CT molecular complexity index is 289. The Labute approximate surface area is 91.0 Å². The van der Waals surface area contributed by atoms with Gasteiger partial charge in [-0.3, -0.25) is 0 Å². The van der Waals surface area contributed by atoms with Crippen molar-refractivity contribution in [2.45, 2.75) is 39.8 Å². The molecule has 0 bridgehead atoms. The van der Waals surface area contributed by atoms with Crippen molar-refractivity contribution in [1.29, 1.82) is 0 Å². The molecule has 4 heteroatoms. The number of nitrogens with zero attached hydrogens (tertiary/aromatic N) is 1. The maximum atomic E-state index is 5.56. The smallest absolute Gasteiger partial charge is 0.208 e. The van der Waals surface area contributed by atoms with Crippen LogP contribution in [0.4, 0.5) is 0 Å². The van der Waals surface area contributed by atoms with Crippen LogP contribution in [0.5, 0.6) is 0 Å². The van der Waals surface area contributed by atoms with Crippen LogP contribution >= 0.6 is 0 Å². The Hall–Kier alpha value is -0.870. The van der Waals surface area contributed by atoms with Gasteiger partial charge in [0.25, 0.3) is 0 Å². The van der Waals surface area contributed by atoms with Crippen LogP contribution in [0.15, 0.2) is 10.6 Å². The molecule has 4 nitrogen and oxygen atoms in total. The monoisotopic (exact) mass is 212 g/mol. The van der Waals surface area contributed by atoms with E-state index < -0.39 is 0 Å². The average Bonchev–Trinajstić information content (AvgIpc) is 2.49. The molecule has 1 rings (SSSR count). The molecule has 86 valence electrons. The Morgan fingerprint density at radius 1 is 1.47 bits per heavy atom. The number of aromatic nitrogens is 1. The van der Waals surface area contributed by atoms with Gasteiger partial charge in [0.15, 0.2) is 0 Å². The second-order valence-corrected chi connectivity index (χ2v) is 4.50. The summed E-state index contributed by atoms with van der Waals surface area (Å²) in [6.45, 7) is 10.2. The molecule has 0 radical (unpaired) electrons. The van der Waals surface area contributed by atoms with E-state index in [9.17, 15) is 0 Å². The molecule has 0 aromatic carbocycles. The molecule has 0 aliphatic carbocycles. The van der Waals surface area contributed by atoms with Crippen molar-refractivity contribution in [1.82, 2.24) is 10.3 Å². The molecule has 0 atom stereocenters. The molecular weight excluding hydrogens is 192 g/mol. The first-order valence-corrected chi connectivity index (χ1v) is 5.23. The predicted molar refractivity (Wildman–Crippen MR) is 58.7 cm³/mol. The normalized spacial score (nSPS) is 12.0. The van der Waals surface area contributed by atoms with Crippen LogP contribution in [0.3, 0.4) is 0 Å². The largest absolute Gasteiger partial charge is 0.445 e. The van der Waals surface area contributed by atoms with Crippen molar-refractivity contribution in [3.05, 3.63) is 17.8 Å². The van der Waals surface area contributed by atoms with Crippen LogP contribution in [0.2, 0.25) is 0 Å². The van der Waals surface area contributed by atoms with E-state index in [2.05, 4.69) is 10.3 Å². The molecule has 1 aromatic heterocycles. The Kier molecular flexibility index (Phi) is 4.29. The first-order chi connectivity index (χ1) is 6.97. The maximum absolute atomic E-state index is 5.56. The lowest BCUT2D eigenvalue weighted by Gasteiger charge is -2.19. The summed E-state index contributed by atoms with van der Waals surface area (Å²) in [5, 5.41) is 3.21. The van der Waals surface area contributed by atoms with E-state index >= 15 is 0 Å². The fraction of sp³-hybridized carbons (Fsp3) is 0.727. The zero-order valence-electron chi connectivity index (χ0n) is 9.96. The van der Waals surface area contributed by atoms with Gasteiger partial charge >= 0.3 is 0 Å². The molecule has 0 amide bonds. The Morgan fingerprint density at radius 2 is 2.20 bits per heavy atom. The van der Waals surface area contributed by atoms with Crippen LogP contribution in [-0.4, -0.2) is 23.7 Å². The summed E-state index contributed by atoms with van der Waals surface area (Å²) < 4.78 is 10.9. The maximum Gasteiger partial charge on any atom is 0.208 e. The lowest BCUT2D eigenvalue weighted by atomic mass is 10.2. The van der Waals surface area contributed by atoms with Crippen molar-refractivity contribution < 1.29 is 9.15 Å². The summed E-state index contributed by atoms with van der Waals surface area (Å²) in [5.41, 5.74) is -0.0683. The van der Waals surface area contributed by atoms with Crippen LogP contribution in [-0.2, 0) is 11.3 Å². The van der Waals surface area contributed by atoms with E-state index in [0.717, 1.165) is 18.2 Å². The second kappa shape index (κ2) is 5.28. The molecule has 1 heterocycles. The number of oxazole rings is 1. The molecule has 1 N–H and O–H groups in total. The fourth-order valence-electron chi connectivity index (χ4n) is 1.11. The summed E-state index contributed by atoms with van der Waals surface area (Å²) in [6, 6.07) is 0. The van der Waals surface area contributed by atoms with Gasteiger partial charge in [0, 0.05) is 6.54 Å². The molecule has 0 spiro atoms. The molecule has 0 saturated carbocycles. The van der Waals surface area contributed by atoms with E-state index in [4.69, 9.17) is 9.15 Å². The fourth-order valence-corrected chi connectivity index (χ4v) is 1.11. The molecular formula is C11H20N2O2. The van der Waals surface area contributed by atoms with Crippen molar-refractivity contribution in [3.63, 3.8) is 0 Å². The quantitative estimate of drug-likeness (QED) is 0.757. The van der Waals surface area contributed by atoms with Crippen LogP contribution in [0.25, 0.3) is 0 Å². The van der Waals surface area contributed by atoms with Gasteiger partial charge in [-0.15, -0.1) is 0 Å². The van der Waals surface area contributed by atoms with Gasteiger partial charge in [-0.05, 0) is 27.7 Å². The Balaban J connectivity index is 2.07. The average molecular weight is 212 g/mol. The number of hydrogen-bond acceptors (Lipinski definition) is 4. The van der Waals surface area contributed by atoms with E-state index in [0.29, 0.717) is 13.2 Å². The molecule has 0 fully saturated rings. The van der Waals surface area contributed by atoms with Gasteiger partial charge in [0.05, 0.1) is 24.9 Å². The first-order valence-electron chi connectivity index (χ1n) is 5.23. The molecule has 0 aliphatic heterocycles. The van der Waals surface area contributed by atoms with E-state index in [1.54, 1.807) is 6.20 Å². The third-order valence-electron chi connectivity index (χ3n) is 1.76. The van der Waals surface area contributed by atoms with Crippen LogP contribution < -0.4 is 5.32 Å². The number of hydrogen-bond donors (Lipinski definition) is 1. The van der Waals surface area contributed by atoms with Crippen molar-refractivity contribution in [2.75, 3.05) is 13.2 Å². The molecule has 1 aromatic rings. The highest BCUT2D eigenvalue weighted by molar-refractivity contribution is 4.90. The van der Waals surface area contributed by atoms with Gasteiger partial charge in [-0.25, -0.2) is 4.98 Å². The van der Waals surface area contributed by atoms with Gasteiger partial charge in [-0.2, -0.15) is 0 Å².